The maximum atomic E-state index is 12.4. The molecular weight excluding hydrogens is 301 g/mol. The van der Waals surface area contributed by atoms with E-state index in [0.29, 0.717) is 41.8 Å². The van der Waals surface area contributed by atoms with Gasteiger partial charge in [0, 0.05) is 33.1 Å². The van der Waals surface area contributed by atoms with Gasteiger partial charge in [-0.15, -0.1) is 0 Å². The summed E-state index contributed by atoms with van der Waals surface area (Å²) in [5, 5.41) is 3.38. The van der Waals surface area contributed by atoms with Crippen LogP contribution < -0.4 is 5.32 Å². The van der Waals surface area contributed by atoms with Gasteiger partial charge in [0.05, 0.1) is 5.02 Å². The summed E-state index contributed by atoms with van der Waals surface area (Å²) in [6.07, 6.45) is 1.36. The number of hydrogen-bond donors (Lipinski definition) is 1. The SMILES string of the molecule is CNC(=O)C1CCN(C(=O)c2cc(Cl)c(Cl)n2C)CC1. The third kappa shape index (κ3) is 2.79. The number of piperidine rings is 1. The van der Waals surface area contributed by atoms with E-state index in [2.05, 4.69) is 5.32 Å². The van der Waals surface area contributed by atoms with E-state index in [1.807, 2.05) is 0 Å². The van der Waals surface area contributed by atoms with Gasteiger partial charge in [0.2, 0.25) is 5.91 Å². The molecule has 0 spiro atoms. The van der Waals surface area contributed by atoms with Crippen molar-refractivity contribution in [1.82, 2.24) is 14.8 Å². The minimum absolute atomic E-state index is 0.00959. The summed E-state index contributed by atoms with van der Waals surface area (Å²) in [4.78, 5) is 25.7. The van der Waals surface area contributed by atoms with Crippen molar-refractivity contribution in [3.8, 4) is 0 Å². The Bertz CT molecular complexity index is 534. The first kappa shape index (κ1) is 15.2. The molecule has 1 fully saturated rings. The molecule has 0 unspecified atom stereocenters. The zero-order valence-electron chi connectivity index (χ0n) is 11.4. The fraction of sp³-hybridized carbons (Fsp3) is 0.538. The van der Waals surface area contributed by atoms with E-state index >= 15 is 0 Å². The highest BCUT2D eigenvalue weighted by atomic mass is 35.5. The van der Waals surface area contributed by atoms with Gasteiger partial charge in [0.1, 0.15) is 10.8 Å². The van der Waals surface area contributed by atoms with Crippen LogP contribution in [0.25, 0.3) is 0 Å². The minimum atomic E-state index is -0.100. The molecule has 110 valence electrons. The van der Waals surface area contributed by atoms with Gasteiger partial charge in [-0.2, -0.15) is 0 Å². The van der Waals surface area contributed by atoms with Crippen molar-refractivity contribution in [3.05, 3.63) is 21.9 Å². The molecular formula is C13H17Cl2N3O2. The first-order valence-corrected chi connectivity index (χ1v) is 7.23. The van der Waals surface area contributed by atoms with Crippen LogP contribution in [0.1, 0.15) is 23.3 Å². The third-order valence-corrected chi connectivity index (χ3v) is 4.58. The number of rotatable bonds is 2. The lowest BCUT2D eigenvalue weighted by Crippen LogP contribution is -2.42. The normalized spacial score (nSPS) is 16.3. The second-order valence-electron chi connectivity index (χ2n) is 4.91. The van der Waals surface area contributed by atoms with E-state index in [9.17, 15) is 9.59 Å². The van der Waals surface area contributed by atoms with E-state index < -0.39 is 0 Å². The second kappa shape index (κ2) is 6.06. The number of carbonyl (C=O) groups is 2. The fourth-order valence-electron chi connectivity index (χ4n) is 2.46. The number of aromatic nitrogens is 1. The van der Waals surface area contributed by atoms with Crippen LogP contribution in [-0.4, -0.2) is 41.4 Å². The first-order valence-electron chi connectivity index (χ1n) is 6.47. The van der Waals surface area contributed by atoms with Gasteiger partial charge >= 0.3 is 0 Å². The van der Waals surface area contributed by atoms with Gasteiger partial charge in [0.25, 0.3) is 5.91 Å². The van der Waals surface area contributed by atoms with Gasteiger partial charge in [-0.1, -0.05) is 23.2 Å². The molecule has 0 radical (unpaired) electrons. The molecule has 0 aliphatic carbocycles. The van der Waals surface area contributed by atoms with Crippen molar-refractivity contribution in [3.63, 3.8) is 0 Å². The van der Waals surface area contributed by atoms with E-state index in [1.165, 1.54) is 0 Å². The highest BCUT2D eigenvalue weighted by Crippen LogP contribution is 2.27. The summed E-state index contributed by atoms with van der Waals surface area (Å²) in [6, 6.07) is 1.58. The van der Waals surface area contributed by atoms with E-state index in [4.69, 9.17) is 23.2 Å². The van der Waals surface area contributed by atoms with Crippen molar-refractivity contribution < 1.29 is 9.59 Å². The highest BCUT2D eigenvalue weighted by molar-refractivity contribution is 6.41. The van der Waals surface area contributed by atoms with E-state index in [-0.39, 0.29) is 17.7 Å². The van der Waals surface area contributed by atoms with E-state index in [1.54, 1.807) is 29.6 Å². The highest BCUT2D eigenvalue weighted by Gasteiger charge is 2.28. The Hall–Kier alpha value is -1.20. The smallest absolute Gasteiger partial charge is 0.270 e. The zero-order chi connectivity index (χ0) is 14.9. The van der Waals surface area contributed by atoms with Gasteiger partial charge in [0.15, 0.2) is 0 Å². The van der Waals surface area contributed by atoms with Crippen LogP contribution >= 0.6 is 23.2 Å². The van der Waals surface area contributed by atoms with E-state index in [0.717, 1.165) is 0 Å². The Kier molecular flexibility index (Phi) is 4.60. The predicted octanol–water partition coefficient (Wildman–Crippen LogP) is 1.93. The number of carbonyl (C=O) groups excluding carboxylic acids is 2. The Morgan fingerprint density at radius 3 is 2.35 bits per heavy atom. The Morgan fingerprint density at radius 1 is 1.30 bits per heavy atom. The quantitative estimate of drug-likeness (QED) is 0.906. The minimum Gasteiger partial charge on any atom is -0.359 e. The number of likely N-dealkylation sites (tertiary alicyclic amines) is 1. The molecule has 0 saturated carbocycles. The lowest BCUT2D eigenvalue weighted by atomic mass is 9.96. The number of hydrogen-bond acceptors (Lipinski definition) is 2. The number of amides is 2. The summed E-state index contributed by atoms with van der Waals surface area (Å²) in [7, 11) is 3.34. The maximum Gasteiger partial charge on any atom is 0.270 e. The molecule has 2 rings (SSSR count). The van der Waals surface area contributed by atoms with Crippen molar-refractivity contribution in [2.75, 3.05) is 20.1 Å². The molecule has 1 aromatic heterocycles. The molecule has 0 aromatic carbocycles. The van der Waals surface area contributed by atoms with Gasteiger partial charge in [-0.05, 0) is 18.9 Å². The molecule has 1 saturated heterocycles. The lowest BCUT2D eigenvalue weighted by Gasteiger charge is -2.31. The summed E-state index contributed by atoms with van der Waals surface area (Å²) >= 11 is 11.9. The third-order valence-electron chi connectivity index (χ3n) is 3.73. The Morgan fingerprint density at radius 2 is 1.90 bits per heavy atom. The van der Waals surface area contributed by atoms with Crippen LogP contribution in [0.3, 0.4) is 0 Å². The Labute approximate surface area is 127 Å². The van der Waals surface area contributed by atoms with Gasteiger partial charge in [-0.25, -0.2) is 0 Å². The molecule has 5 nitrogen and oxygen atoms in total. The molecule has 20 heavy (non-hydrogen) atoms. The van der Waals surface area contributed by atoms with Crippen molar-refractivity contribution in [2.24, 2.45) is 13.0 Å². The molecule has 1 aliphatic heterocycles. The molecule has 1 aliphatic rings. The van der Waals surface area contributed by atoms with Crippen LogP contribution in [0.15, 0.2) is 6.07 Å². The number of halogens is 2. The molecule has 7 heteroatoms. The zero-order valence-corrected chi connectivity index (χ0v) is 13.0. The predicted molar refractivity (Wildman–Crippen MR) is 78.1 cm³/mol. The monoisotopic (exact) mass is 317 g/mol. The summed E-state index contributed by atoms with van der Waals surface area (Å²) < 4.78 is 1.58. The molecule has 1 N–H and O–H groups in total. The molecule has 2 amide bonds. The molecule has 2 heterocycles. The number of nitrogens with one attached hydrogen (secondary N) is 1. The molecule has 1 aromatic rings. The largest absolute Gasteiger partial charge is 0.359 e. The summed E-state index contributed by atoms with van der Waals surface area (Å²) in [5.41, 5.74) is 0.471. The summed E-state index contributed by atoms with van der Waals surface area (Å²) in [5.74, 6) is -0.0663. The second-order valence-corrected chi connectivity index (χ2v) is 5.67. The van der Waals surface area contributed by atoms with Crippen LogP contribution in [-0.2, 0) is 11.8 Å². The topological polar surface area (TPSA) is 54.3 Å². The van der Waals surface area contributed by atoms with Gasteiger partial charge in [-0.3, -0.25) is 9.59 Å². The average Bonchev–Trinajstić information content (AvgIpc) is 2.73. The van der Waals surface area contributed by atoms with Crippen LogP contribution in [0.5, 0.6) is 0 Å². The van der Waals surface area contributed by atoms with Crippen LogP contribution in [0, 0.1) is 5.92 Å². The van der Waals surface area contributed by atoms with Crippen LogP contribution in [0.2, 0.25) is 10.2 Å². The van der Waals surface area contributed by atoms with Crippen LogP contribution in [0.4, 0.5) is 0 Å². The Balaban J connectivity index is 2.05. The van der Waals surface area contributed by atoms with Crippen molar-refractivity contribution in [2.45, 2.75) is 12.8 Å². The summed E-state index contributed by atoms with van der Waals surface area (Å²) in [6.45, 7) is 1.13. The molecule has 0 bridgehead atoms. The average molecular weight is 318 g/mol. The lowest BCUT2D eigenvalue weighted by molar-refractivity contribution is -0.125. The van der Waals surface area contributed by atoms with Crippen molar-refractivity contribution >= 4 is 35.0 Å². The molecule has 0 atom stereocenters. The van der Waals surface area contributed by atoms with Gasteiger partial charge < -0.3 is 14.8 Å². The first-order chi connectivity index (χ1) is 9.45. The van der Waals surface area contributed by atoms with Crippen molar-refractivity contribution in [1.29, 1.82) is 0 Å². The number of nitrogens with zero attached hydrogens (tertiary/aromatic N) is 2. The maximum absolute atomic E-state index is 12.4. The standard InChI is InChI=1S/C13H17Cl2N3O2/c1-16-12(19)8-3-5-18(6-4-8)13(20)10-7-9(14)11(15)17(10)2/h7-8H,3-6H2,1-2H3,(H,16,19). The fourth-order valence-corrected chi connectivity index (χ4v) is 2.83.